The van der Waals surface area contributed by atoms with Gasteiger partial charge in [-0.25, -0.2) is 0 Å². The SMILES string of the molecule is Cc1cc(C(=O)N(C)C2(CC(=O)O)CCCCC2)n[nH]1. The van der Waals surface area contributed by atoms with E-state index in [4.69, 9.17) is 0 Å². The summed E-state index contributed by atoms with van der Waals surface area (Å²) < 4.78 is 0. The van der Waals surface area contributed by atoms with Crippen molar-refractivity contribution in [3.05, 3.63) is 17.5 Å². The summed E-state index contributed by atoms with van der Waals surface area (Å²) in [5.41, 5.74) is 0.589. The number of carbonyl (C=O) groups excluding carboxylic acids is 1. The number of carboxylic acids is 1. The molecule has 20 heavy (non-hydrogen) atoms. The lowest BCUT2D eigenvalue weighted by molar-refractivity contribution is -0.140. The van der Waals surface area contributed by atoms with Gasteiger partial charge in [-0.15, -0.1) is 0 Å². The van der Waals surface area contributed by atoms with Crippen LogP contribution in [0.3, 0.4) is 0 Å². The molecule has 1 heterocycles. The van der Waals surface area contributed by atoms with Crippen molar-refractivity contribution in [3.63, 3.8) is 0 Å². The second kappa shape index (κ2) is 5.64. The molecule has 1 saturated carbocycles. The summed E-state index contributed by atoms with van der Waals surface area (Å²) in [6.45, 7) is 1.83. The van der Waals surface area contributed by atoms with E-state index in [9.17, 15) is 14.7 Å². The quantitative estimate of drug-likeness (QED) is 0.882. The van der Waals surface area contributed by atoms with E-state index in [1.54, 1.807) is 18.0 Å². The van der Waals surface area contributed by atoms with Gasteiger partial charge in [0.15, 0.2) is 0 Å². The van der Waals surface area contributed by atoms with Gasteiger partial charge in [0, 0.05) is 12.7 Å². The van der Waals surface area contributed by atoms with Gasteiger partial charge in [0.25, 0.3) is 5.91 Å². The molecular formula is C14H21N3O3. The van der Waals surface area contributed by atoms with Gasteiger partial charge < -0.3 is 10.0 Å². The number of hydrogen-bond acceptors (Lipinski definition) is 3. The molecule has 1 aromatic rings. The first-order valence-electron chi connectivity index (χ1n) is 6.97. The summed E-state index contributed by atoms with van der Waals surface area (Å²) in [6.07, 6.45) is 4.51. The van der Waals surface area contributed by atoms with Gasteiger partial charge in [0.1, 0.15) is 5.69 Å². The predicted molar refractivity (Wildman–Crippen MR) is 73.5 cm³/mol. The number of aryl methyl sites for hydroxylation is 1. The number of aromatic nitrogens is 2. The monoisotopic (exact) mass is 279 g/mol. The molecule has 0 bridgehead atoms. The van der Waals surface area contributed by atoms with Crippen molar-refractivity contribution < 1.29 is 14.7 Å². The zero-order valence-electron chi connectivity index (χ0n) is 12.0. The van der Waals surface area contributed by atoms with Crippen LogP contribution in [0.15, 0.2) is 6.07 Å². The minimum Gasteiger partial charge on any atom is -0.481 e. The topological polar surface area (TPSA) is 86.3 Å². The van der Waals surface area contributed by atoms with E-state index in [0.717, 1.165) is 37.8 Å². The summed E-state index contributed by atoms with van der Waals surface area (Å²) in [5.74, 6) is -1.07. The lowest BCUT2D eigenvalue weighted by Crippen LogP contribution is -2.52. The van der Waals surface area contributed by atoms with Crippen molar-refractivity contribution in [2.24, 2.45) is 0 Å². The first-order chi connectivity index (χ1) is 9.44. The molecule has 1 aliphatic rings. The molecule has 0 unspecified atom stereocenters. The van der Waals surface area contributed by atoms with Crippen LogP contribution in [0.5, 0.6) is 0 Å². The fourth-order valence-corrected chi connectivity index (χ4v) is 3.04. The minimum atomic E-state index is -0.857. The summed E-state index contributed by atoms with van der Waals surface area (Å²) in [4.78, 5) is 25.3. The van der Waals surface area contributed by atoms with Crippen LogP contribution >= 0.6 is 0 Å². The zero-order chi connectivity index (χ0) is 14.8. The minimum absolute atomic E-state index is 0.00134. The van der Waals surface area contributed by atoms with Crippen molar-refractivity contribution in [1.82, 2.24) is 15.1 Å². The van der Waals surface area contributed by atoms with E-state index >= 15 is 0 Å². The van der Waals surface area contributed by atoms with E-state index in [2.05, 4.69) is 10.2 Å². The molecule has 1 fully saturated rings. The number of aliphatic carboxylic acids is 1. The van der Waals surface area contributed by atoms with Gasteiger partial charge in [-0.05, 0) is 25.8 Å². The Balaban J connectivity index is 2.23. The Morgan fingerprint density at radius 3 is 2.55 bits per heavy atom. The van der Waals surface area contributed by atoms with Gasteiger partial charge in [0.05, 0.1) is 12.0 Å². The van der Waals surface area contributed by atoms with Crippen LogP contribution in [-0.4, -0.2) is 44.7 Å². The summed E-state index contributed by atoms with van der Waals surface area (Å²) >= 11 is 0. The lowest BCUT2D eigenvalue weighted by Gasteiger charge is -2.43. The maximum absolute atomic E-state index is 12.5. The smallest absolute Gasteiger partial charge is 0.305 e. The maximum atomic E-state index is 12.5. The Morgan fingerprint density at radius 2 is 2.05 bits per heavy atom. The molecule has 2 N–H and O–H groups in total. The van der Waals surface area contributed by atoms with Crippen LogP contribution in [0, 0.1) is 6.92 Å². The molecule has 1 aliphatic carbocycles. The number of nitrogens with one attached hydrogen (secondary N) is 1. The molecule has 0 saturated heterocycles. The van der Waals surface area contributed by atoms with E-state index in [-0.39, 0.29) is 12.3 Å². The Hall–Kier alpha value is -1.85. The standard InChI is InChI=1S/C14H21N3O3/c1-10-8-11(16-15-10)13(20)17(2)14(9-12(18)19)6-4-3-5-7-14/h8H,3-7,9H2,1-2H3,(H,15,16)(H,18,19). The third-order valence-corrected chi connectivity index (χ3v) is 4.21. The van der Waals surface area contributed by atoms with Crippen LogP contribution in [0.1, 0.15) is 54.7 Å². The normalized spacial score (nSPS) is 17.7. The van der Waals surface area contributed by atoms with Crippen LogP contribution in [0.4, 0.5) is 0 Å². The molecule has 6 heteroatoms. The highest BCUT2D eigenvalue weighted by atomic mass is 16.4. The Kier molecular flexibility index (Phi) is 4.11. The van der Waals surface area contributed by atoms with Gasteiger partial charge in [0.2, 0.25) is 0 Å². The number of aromatic amines is 1. The zero-order valence-corrected chi connectivity index (χ0v) is 12.0. The number of amides is 1. The molecule has 0 aliphatic heterocycles. The van der Waals surface area contributed by atoms with Crippen LogP contribution in [-0.2, 0) is 4.79 Å². The summed E-state index contributed by atoms with van der Waals surface area (Å²) in [5, 5.41) is 15.9. The number of nitrogens with zero attached hydrogens (tertiary/aromatic N) is 2. The number of hydrogen-bond donors (Lipinski definition) is 2. The average Bonchev–Trinajstić information content (AvgIpc) is 2.84. The first kappa shape index (κ1) is 14.6. The molecule has 0 radical (unpaired) electrons. The van der Waals surface area contributed by atoms with Crippen LogP contribution in [0.25, 0.3) is 0 Å². The maximum Gasteiger partial charge on any atom is 0.305 e. The van der Waals surface area contributed by atoms with Gasteiger partial charge in [-0.2, -0.15) is 5.10 Å². The second-order valence-electron chi connectivity index (χ2n) is 5.66. The van der Waals surface area contributed by atoms with E-state index in [1.807, 2.05) is 6.92 Å². The van der Waals surface area contributed by atoms with Crippen molar-refractivity contribution in [1.29, 1.82) is 0 Å². The number of H-pyrrole nitrogens is 1. The highest BCUT2D eigenvalue weighted by molar-refractivity contribution is 5.93. The molecule has 1 amide bonds. The average molecular weight is 279 g/mol. The predicted octanol–water partition coefficient (Wildman–Crippen LogP) is 1.97. The number of carboxylic acid groups (broad SMARTS) is 1. The van der Waals surface area contributed by atoms with E-state index in [1.165, 1.54) is 0 Å². The molecule has 0 aromatic carbocycles. The molecule has 0 spiro atoms. The summed E-state index contributed by atoms with van der Waals surface area (Å²) in [6, 6.07) is 1.69. The van der Waals surface area contributed by atoms with Crippen molar-refractivity contribution >= 4 is 11.9 Å². The van der Waals surface area contributed by atoms with Gasteiger partial charge in [-0.3, -0.25) is 14.7 Å². The molecular weight excluding hydrogens is 258 g/mol. The Bertz CT molecular complexity index is 504. The molecule has 0 atom stereocenters. The third-order valence-electron chi connectivity index (χ3n) is 4.21. The number of carbonyl (C=O) groups is 2. The fourth-order valence-electron chi connectivity index (χ4n) is 3.04. The second-order valence-corrected chi connectivity index (χ2v) is 5.66. The largest absolute Gasteiger partial charge is 0.481 e. The lowest BCUT2D eigenvalue weighted by atomic mass is 9.78. The van der Waals surface area contributed by atoms with Crippen molar-refractivity contribution in [3.8, 4) is 0 Å². The summed E-state index contributed by atoms with van der Waals surface area (Å²) in [7, 11) is 1.70. The number of rotatable bonds is 4. The highest BCUT2D eigenvalue weighted by Crippen LogP contribution is 2.36. The fraction of sp³-hybridized carbons (Fsp3) is 0.643. The van der Waals surface area contributed by atoms with Crippen molar-refractivity contribution in [2.45, 2.75) is 51.0 Å². The van der Waals surface area contributed by atoms with E-state index < -0.39 is 11.5 Å². The molecule has 1 aromatic heterocycles. The van der Waals surface area contributed by atoms with Crippen LogP contribution in [0.2, 0.25) is 0 Å². The highest BCUT2D eigenvalue weighted by Gasteiger charge is 2.41. The van der Waals surface area contributed by atoms with Crippen molar-refractivity contribution in [2.75, 3.05) is 7.05 Å². The Labute approximate surface area is 118 Å². The van der Waals surface area contributed by atoms with Crippen LogP contribution < -0.4 is 0 Å². The van der Waals surface area contributed by atoms with Gasteiger partial charge >= 0.3 is 5.97 Å². The molecule has 110 valence electrons. The van der Waals surface area contributed by atoms with Gasteiger partial charge in [-0.1, -0.05) is 19.3 Å². The molecule has 6 nitrogen and oxygen atoms in total. The third kappa shape index (κ3) is 2.84. The van der Waals surface area contributed by atoms with E-state index in [0.29, 0.717) is 5.69 Å². The Morgan fingerprint density at radius 1 is 1.40 bits per heavy atom. The first-order valence-corrected chi connectivity index (χ1v) is 6.97. The molecule has 2 rings (SSSR count).